The van der Waals surface area contributed by atoms with Gasteiger partial charge in [-0.3, -0.25) is 4.68 Å². The van der Waals surface area contributed by atoms with E-state index in [0.717, 1.165) is 31.4 Å². The van der Waals surface area contributed by atoms with Crippen molar-refractivity contribution in [3.8, 4) is 0 Å². The molecule has 1 rings (SSSR count). The van der Waals surface area contributed by atoms with Gasteiger partial charge < -0.3 is 15.4 Å². The van der Waals surface area contributed by atoms with E-state index in [4.69, 9.17) is 4.74 Å². The summed E-state index contributed by atoms with van der Waals surface area (Å²) in [5, 5.41) is 10.5. The molecular formula is C16H30N4O2. The van der Waals surface area contributed by atoms with Crippen LogP contribution in [0.3, 0.4) is 0 Å². The van der Waals surface area contributed by atoms with Crippen LogP contribution in [-0.2, 0) is 18.3 Å². The second kappa shape index (κ2) is 8.78. The number of hydrogen-bond acceptors (Lipinski definition) is 4. The van der Waals surface area contributed by atoms with Crippen molar-refractivity contribution in [3.63, 3.8) is 0 Å². The van der Waals surface area contributed by atoms with E-state index in [1.165, 1.54) is 0 Å². The van der Waals surface area contributed by atoms with E-state index in [1.807, 2.05) is 40.2 Å². The minimum absolute atomic E-state index is 0.229. The molecule has 0 radical (unpaired) electrons. The summed E-state index contributed by atoms with van der Waals surface area (Å²) in [6.07, 6.45) is 6.76. The van der Waals surface area contributed by atoms with Crippen molar-refractivity contribution in [2.24, 2.45) is 7.05 Å². The Hall–Kier alpha value is -1.56. The summed E-state index contributed by atoms with van der Waals surface area (Å²) in [6, 6.07) is 0.229. The smallest absolute Gasteiger partial charge is 0.407 e. The maximum absolute atomic E-state index is 11.7. The molecule has 1 aromatic rings. The zero-order valence-corrected chi connectivity index (χ0v) is 14.5. The third-order valence-electron chi connectivity index (χ3n) is 3.15. The van der Waals surface area contributed by atoms with Crippen LogP contribution in [0.5, 0.6) is 0 Å². The van der Waals surface area contributed by atoms with Crippen LogP contribution in [0.25, 0.3) is 0 Å². The lowest BCUT2D eigenvalue weighted by Gasteiger charge is -2.22. The molecule has 0 fully saturated rings. The summed E-state index contributed by atoms with van der Waals surface area (Å²) in [5.41, 5.74) is 0.674. The molecule has 6 heteroatoms. The monoisotopic (exact) mass is 310 g/mol. The highest BCUT2D eigenvalue weighted by molar-refractivity contribution is 5.67. The van der Waals surface area contributed by atoms with Gasteiger partial charge in [0.1, 0.15) is 5.60 Å². The first-order valence-electron chi connectivity index (χ1n) is 7.98. The van der Waals surface area contributed by atoms with E-state index in [-0.39, 0.29) is 12.1 Å². The molecule has 0 spiro atoms. The molecule has 1 atom stereocenters. The van der Waals surface area contributed by atoms with Gasteiger partial charge in [-0.25, -0.2) is 4.79 Å². The Bertz CT molecular complexity index is 451. The SMILES string of the molecule is CCCCC(CNC(=O)OC(C)(C)C)NCc1cnn(C)c1. The van der Waals surface area contributed by atoms with Crippen LogP contribution in [0.1, 0.15) is 52.5 Å². The normalized spacial score (nSPS) is 13.0. The number of nitrogens with zero attached hydrogens (tertiary/aromatic N) is 2. The van der Waals surface area contributed by atoms with Crippen LogP contribution < -0.4 is 10.6 Å². The molecule has 0 aliphatic carbocycles. The molecule has 0 saturated heterocycles. The number of hydrogen-bond donors (Lipinski definition) is 2. The zero-order valence-electron chi connectivity index (χ0n) is 14.5. The van der Waals surface area contributed by atoms with Gasteiger partial charge in [-0.2, -0.15) is 5.10 Å². The van der Waals surface area contributed by atoms with Gasteiger partial charge in [-0.15, -0.1) is 0 Å². The fraction of sp³-hybridized carbons (Fsp3) is 0.750. The summed E-state index contributed by atoms with van der Waals surface area (Å²) >= 11 is 0. The molecule has 1 amide bonds. The number of unbranched alkanes of at least 4 members (excludes halogenated alkanes) is 1. The van der Waals surface area contributed by atoms with Gasteiger partial charge in [0.2, 0.25) is 0 Å². The molecule has 0 aliphatic heterocycles. The van der Waals surface area contributed by atoms with Crippen LogP contribution in [0.2, 0.25) is 0 Å². The van der Waals surface area contributed by atoms with Crippen LogP contribution in [0.4, 0.5) is 4.79 Å². The number of carbonyl (C=O) groups excluding carboxylic acids is 1. The van der Waals surface area contributed by atoms with Gasteiger partial charge in [0.25, 0.3) is 0 Å². The predicted octanol–water partition coefficient (Wildman–Crippen LogP) is 2.59. The lowest BCUT2D eigenvalue weighted by molar-refractivity contribution is 0.0521. The molecule has 2 N–H and O–H groups in total. The van der Waals surface area contributed by atoms with Crippen molar-refractivity contribution in [2.45, 2.75) is 65.1 Å². The average molecular weight is 310 g/mol. The summed E-state index contributed by atoms with van der Waals surface area (Å²) < 4.78 is 7.06. The van der Waals surface area contributed by atoms with Crippen molar-refractivity contribution in [2.75, 3.05) is 6.54 Å². The second-order valence-electron chi connectivity index (χ2n) is 6.63. The fourth-order valence-electron chi connectivity index (χ4n) is 2.07. The number of nitrogens with one attached hydrogen (secondary N) is 2. The lowest BCUT2D eigenvalue weighted by Crippen LogP contribution is -2.42. The van der Waals surface area contributed by atoms with Crippen molar-refractivity contribution >= 4 is 6.09 Å². The Balaban J connectivity index is 2.41. The first kappa shape index (κ1) is 18.5. The van der Waals surface area contributed by atoms with Crippen LogP contribution in [0, 0.1) is 0 Å². The highest BCUT2D eigenvalue weighted by Crippen LogP contribution is 2.07. The molecule has 22 heavy (non-hydrogen) atoms. The topological polar surface area (TPSA) is 68.2 Å². The summed E-state index contributed by atoms with van der Waals surface area (Å²) in [4.78, 5) is 11.7. The maximum atomic E-state index is 11.7. The van der Waals surface area contributed by atoms with Crippen molar-refractivity contribution in [1.82, 2.24) is 20.4 Å². The van der Waals surface area contributed by atoms with Crippen LogP contribution in [-0.4, -0.2) is 34.1 Å². The number of carbonyl (C=O) groups is 1. The van der Waals surface area contributed by atoms with Crippen molar-refractivity contribution in [3.05, 3.63) is 18.0 Å². The minimum atomic E-state index is -0.466. The molecule has 1 aromatic heterocycles. The van der Waals surface area contributed by atoms with Gasteiger partial charge in [-0.05, 0) is 27.2 Å². The first-order chi connectivity index (χ1) is 10.3. The average Bonchev–Trinajstić information content (AvgIpc) is 2.81. The summed E-state index contributed by atoms with van der Waals surface area (Å²) in [6.45, 7) is 9.07. The van der Waals surface area contributed by atoms with Gasteiger partial charge in [0, 0.05) is 37.9 Å². The molecule has 0 aliphatic rings. The molecule has 1 heterocycles. The van der Waals surface area contributed by atoms with Crippen LogP contribution >= 0.6 is 0 Å². The Kier molecular flexibility index (Phi) is 7.38. The molecule has 0 aromatic carbocycles. The van der Waals surface area contributed by atoms with Crippen molar-refractivity contribution in [1.29, 1.82) is 0 Å². The van der Waals surface area contributed by atoms with E-state index in [2.05, 4.69) is 22.7 Å². The van der Waals surface area contributed by atoms with Gasteiger partial charge >= 0.3 is 6.09 Å². The standard InChI is InChI=1S/C16H30N4O2/c1-6-7-8-14(11-18-15(21)22-16(2,3)4)17-9-13-10-19-20(5)12-13/h10,12,14,17H,6-9,11H2,1-5H3,(H,18,21). The third-order valence-corrected chi connectivity index (χ3v) is 3.15. The summed E-state index contributed by atoms with van der Waals surface area (Å²) in [5.74, 6) is 0. The van der Waals surface area contributed by atoms with Crippen LogP contribution in [0.15, 0.2) is 12.4 Å². The Morgan fingerprint density at radius 2 is 2.18 bits per heavy atom. The number of aromatic nitrogens is 2. The molecule has 126 valence electrons. The quantitative estimate of drug-likeness (QED) is 0.774. The first-order valence-corrected chi connectivity index (χ1v) is 7.98. The number of aryl methyl sites for hydroxylation is 1. The van der Waals surface area contributed by atoms with E-state index in [9.17, 15) is 4.79 Å². The highest BCUT2D eigenvalue weighted by Gasteiger charge is 2.17. The Morgan fingerprint density at radius 1 is 1.45 bits per heavy atom. The van der Waals surface area contributed by atoms with E-state index >= 15 is 0 Å². The largest absolute Gasteiger partial charge is 0.444 e. The third kappa shape index (κ3) is 8.02. The minimum Gasteiger partial charge on any atom is -0.444 e. The number of rotatable bonds is 8. The Labute approximate surface area is 133 Å². The predicted molar refractivity (Wildman–Crippen MR) is 87.6 cm³/mol. The van der Waals surface area contributed by atoms with E-state index in [0.29, 0.717) is 6.54 Å². The molecule has 0 saturated carbocycles. The van der Waals surface area contributed by atoms with Gasteiger partial charge in [0.15, 0.2) is 0 Å². The van der Waals surface area contributed by atoms with Crippen molar-refractivity contribution < 1.29 is 9.53 Å². The fourth-order valence-corrected chi connectivity index (χ4v) is 2.07. The van der Waals surface area contributed by atoms with E-state index in [1.54, 1.807) is 4.68 Å². The molecular weight excluding hydrogens is 280 g/mol. The zero-order chi connectivity index (χ0) is 16.6. The molecule has 0 bridgehead atoms. The second-order valence-corrected chi connectivity index (χ2v) is 6.63. The summed E-state index contributed by atoms with van der Waals surface area (Å²) in [7, 11) is 1.90. The number of alkyl carbamates (subject to hydrolysis) is 1. The number of amides is 1. The van der Waals surface area contributed by atoms with Gasteiger partial charge in [0.05, 0.1) is 6.20 Å². The number of ether oxygens (including phenoxy) is 1. The van der Waals surface area contributed by atoms with E-state index < -0.39 is 5.60 Å². The lowest BCUT2D eigenvalue weighted by atomic mass is 10.1. The highest BCUT2D eigenvalue weighted by atomic mass is 16.6. The Morgan fingerprint density at radius 3 is 2.73 bits per heavy atom. The maximum Gasteiger partial charge on any atom is 0.407 e. The van der Waals surface area contributed by atoms with Gasteiger partial charge in [-0.1, -0.05) is 19.8 Å². The molecule has 6 nitrogen and oxygen atoms in total. The molecule has 1 unspecified atom stereocenters.